The lowest BCUT2D eigenvalue weighted by Crippen LogP contribution is -2.33. The number of amides is 1. The van der Waals surface area contributed by atoms with Gasteiger partial charge in [0.05, 0.1) is 16.5 Å². The average molecular weight is 578 g/mol. The summed E-state index contributed by atoms with van der Waals surface area (Å²) < 4.78 is 16.5. The van der Waals surface area contributed by atoms with Crippen LogP contribution in [0.1, 0.15) is 34.4 Å². The minimum absolute atomic E-state index is 0.0137. The fourth-order valence-electron chi connectivity index (χ4n) is 4.04. The molecule has 6 nitrogen and oxygen atoms in total. The topological polar surface area (TPSA) is 72.7 Å². The number of halogens is 2. The fraction of sp³-hybridized carbons (Fsp3) is 0.172. The predicted molar refractivity (Wildman–Crippen MR) is 155 cm³/mol. The zero-order chi connectivity index (χ0) is 27.2. The Morgan fingerprint density at radius 2 is 1.79 bits per heavy atom. The lowest BCUT2D eigenvalue weighted by Gasteiger charge is -2.13. The molecule has 0 aliphatic rings. The smallest absolute Gasteiger partial charge is 0.270 e. The molecule has 1 N–H and O–H groups in total. The SMILES string of the molecule is CC(CCc1ccccc1)NC(=O)c1csc(CSc2nnc(-c3ccccc3Cl)n2-c2ccccc2F)n1. The number of hydrogen-bond donors (Lipinski definition) is 1. The first-order valence-corrected chi connectivity index (χ1v) is 14.6. The summed E-state index contributed by atoms with van der Waals surface area (Å²) in [6, 6.07) is 23.9. The number of aryl methyl sites for hydroxylation is 1. The Morgan fingerprint density at radius 1 is 1.05 bits per heavy atom. The van der Waals surface area contributed by atoms with Gasteiger partial charge in [-0.1, -0.05) is 78.0 Å². The monoisotopic (exact) mass is 577 g/mol. The molecule has 2 heterocycles. The van der Waals surface area contributed by atoms with Crippen molar-refractivity contribution in [2.45, 2.75) is 36.7 Å². The molecule has 1 amide bonds. The summed E-state index contributed by atoms with van der Waals surface area (Å²) in [5.41, 5.74) is 2.60. The molecule has 0 aliphatic carbocycles. The van der Waals surface area contributed by atoms with Gasteiger partial charge in [-0.15, -0.1) is 21.5 Å². The molecule has 0 saturated heterocycles. The molecular formula is C29H25ClFN5OS2. The van der Waals surface area contributed by atoms with Crippen LogP contribution in [0.4, 0.5) is 4.39 Å². The van der Waals surface area contributed by atoms with E-state index in [1.165, 1.54) is 34.7 Å². The predicted octanol–water partition coefficient (Wildman–Crippen LogP) is 7.23. The Bertz CT molecular complexity index is 1570. The second-order valence-electron chi connectivity index (χ2n) is 8.89. The van der Waals surface area contributed by atoms with Crippen LogP contribution < -0.4 is 5.32 Å². The second-order valence-corrected chi connectivity index (χ2v) is 11.2. The van der Waals surface area contributed by atoms with Gasteiger partial charge in [-0.05, 0) is 49.6 Å². The number of carbonyl (C=O) groups is 1. The van der Waals surface area contributed by atoms with Crippen LogP contribution in [-0.4, -0.2) is 31.7 Å². The number of nitrogens with zero attached hydrogens (tertiary/aromatic N) is 4. The van der Waals surface area contributed by atoms with Crippen LogP contribution in [0.5, 0.6) is 0 Å². The maximum absolute atomic E-state index is 14.9. The quantitative estimate of drug-likeness (QED) is 0.177. The van der Waals surface area contributed by atoms with Gasteiger partial charge in [0.2, 0.25) is 0 Å². The minimum Gasteiger partial charge on any atom is -0.348 e. The molecule has 0 radical (unpaired) electrons. The molecule has 0 saturated carbocycles. The molecule has 5 rings (SSSR count). The lowest BCUT2D eigenvalue weighted by atomic mass is 10.1. The van der Waals surface area contributed by atoms with Crippen molar-refractivity contribution in [1.29, 1.82) is 0 Å². The standard InChI is InChI=1S/C29H25ClFN5OS2/c1-19(15-16-20-9-3-2-4-10-20)32-28(37)24-17-38-26(33-24)18-39-29-35-34-27(21-11-5-6-12-22(21)30)36(29)25-14-8-7-13-23(25)31/h2-14,17,19H,15-16,18H2,1H3,(H,32,37). The first kappa shape index (κ1) is 27.1. The van der Waals surface area contributed by atoms with Crippen molar-refractivity contribution in [1.82, 2.24) is 25.1 Å². The number of carbonyl (C=O) groups excluding carboxylic acids is 1. The molecule has 198 valence electrons. The van der Waals surface area contributed by atoms with Crippen LogP contribution in [0.25, 0.3) is 17.1 Å². The van der Waals surface area contributed by atoms with E-state index in [0.29, 0.717) is 38.7 Å². The Labute approximate surface area is 239 Å². The summed E-state index contributed by atoms with van der Waals surface area (Å²) in [7, 11) is 0. The van der Waals surface area contributed by atoms with Crippen molar-refractivity contribution in [3.8, 4) is 17.1 Å². The molecule has 0 aliphatic heterocycles. The van der Waals surface area contributed by atoms with Gasteiger partial charge in [0.15, 0.2) is 11.0 Å². The van der Waals surface area contributed by atoms with Crippen molar-refractivity contribution in [3.63, 3.8) is 0 Å². The van der Waals surface area contributed by atoms with Crippen LogP contribution in [0.15, 0.2) is 89.4 Å². The normalized spacial score (nSPS) is 11.9. The van der Waals surface area contributed by atoms with Gasteiger partial charge >= 0.3 is 0 Å². The van der Waals surface area contributed by atoms with Crippen LogP contribution >= 0.6 is 34.7 Å². The van der Waals surface area contributed by atoms with E-state index in [2.05, 4.69) is 32.6 Å². The zero-order valence-corrected chi connectivity index (χ0v) is 23.4. The number of nitrogens with one attached hydrogen (secondary N) is 1. The highest BCUT2D eigenvalue weighted by Crippen LogP contribution is 2.34. The van der Waals surface area contributed by atoms with Gasteiger partial charge in [-0.2, -0.15) is 0 Å². The van der Waals surface area contributed by atoms with E-state index in [0.717, 1.165) is 17.8 Å². The highest BCUT2D eigenvalue weighted by Gasteiger charge is 2.21. The van der Waals surface area contributed by atoms with Crippen LogP contribution in [0.2, 0.25) is 5.02 Å². The number of hydrogen-bond acceptors (Lipinski definition) is 6. The second kappa shape index (κ2) is 12.5. The molecular weight excluding hydrogens is 553 g/mol. The molecule has 0 fully saturated rings. The summed E-state index contributed by atoms with van der Waals surface area (Å²) in [5, 5.41) is 15.2. The van der Waals surface area contributed by atoms with Crippen molar-refractivity contribution in [2.24, 2.45) is 0 Å². The molecule has 3 aromatic carbocycles. The maximum atomic E-state index is 14.9. The van der Waals surface area contributed by atoms with E-state index in [1.54, 1.807) is 34.2 Å². The number of benzene rings is 3. The van der Waals surface area contributed by atoms with Crippen LogP contribution in [0.3, 0.4) is 0 Å². The third kappa shape index (κ3) is 6.55. The average Bonchev–Trinajstić information content (AvgIpc) is 3.59. The van der Waals surface area contributed by atoms with E-state index >= 15 is 0 Å². The van der Waals surface area contributed by atoms with Crippen molar-refractivity contribution in [3.05, 3.63) is 111 Å². The molecule has 10 heteroatoms. The molecule has 2 aromatic heterocycles. The van der Waals surface area contributed by atoms with E-state index < -0.39 is 5.82 Å². The Kier molecular flexibility index (Phi) is 8.71. The van der Waals surface area contributed by atoms with Crippen LogP contribution in [0, 0.1) is 5.82 Å². The highest BCUT2D eigenvalue weighted by atomic mass is 35.5. The first-order valence-electron chi connectivity index (χ1n) is 12.4. The van der Waals surface area contributed by atoms with Gasteiger partial charge in [0.1, 0.15) is 16.5 Å². The minimum atomic E-state index is -0.401. The maximum Gasteiger partial charge on any atom is 0.270 e. The van der Waals surface area contributed by atoms with Crippen LogP contribution in [-0.2, 0) is 12.2 Å². The highest BCUT2D eigenvalue weighted by molar-refractivity contribution is 7.98. The Balaban J connectivity index is 1.28. The van der Waals surface area contributed by atoms with Gasteiger partial charge in [-0.3, -0.25) is 9.36 Å². The number of para-hydroxylation sites is 1. The fourth-order valence-corrected chi connectivity index (χ4v) is 5.99. The van der Waals surface area contributed by atoms with Crippen molar-refractivity contribution in [2.75, 3.05) is 0 Å². The third-order valence-corrected chi connectivity index (χ3v) is 8.34. The number of rotatable bonds is 10. The van der Waals surface area contributed by atoms with E-state index in [9.17, 15) is 9.18 Å². The zero-order valence-electron chi connectivity index (χ0n) is 21.1. The molecule has 1 unspecified atom stereocenters. The van der Waals surface area contributed by atoms with E-state index in [4.69, 9.17) is 11.6 Å². The molecule has 1 atom stereocenters. The van der Waals surface area contributed by atoms with Crippen molar-refractivity contribution >= 4 is 40.6 Å². The summed E-state index contributed by atoms with van der Waals surface area (Å²) >= 11 is 9.20. The molecule has 5 aromatic rings. The van der Waals surface area contributed by atoms with E-state index in [1.807, 2.05) is 43.3 Å². The number of thiazole rings is 1. The summed E-state index contributed by atoms with van der Waals surface area (Å²) in [6.07, 6.45) is 1.72. The third-order valence-electron chi connectivity index (χ3n) is 6.04. The van der Waals surface area contributed by atoms with Gasteiger partial charge in [0.25, 0.3) is 5.91 Å². The first-order chi connectivity index (χ1) is 19.0. The summed E-state index contributed by atoms with van der Waals surface area (Å²) in [5.74, 6) is 0.286. The molecule has 39 heavy (non-hydrogen) atoms. The Hall–Kier alpha value is -3.53. The van der Waals surface area contributed by atoms with Gasteiger partial charge in [-0.25, -0.2) is 9.37 Å². The van der Waals surface area contributed by atoms with Crippen molar-refractivity contribution < 1.29 is 9.18 Å². The largest absolute Gasteiger partial charge is 0.348 e. The Morgan fingerprint density at radius 3 is 2.59 bits per heavy atom. The summed E-state index contributed by atoms with van der Waals surface area (Å²) in [6.45, 7) is 2.00. The lowest BCUT2D eigenvalue weighted by molar-refractivity contribution is 0.0934. The molecule has 0 bridgehead atoms. The van der Waals surface area contributed by atoms with E-state index in [-0.39, 0.29) is 11.9 Å². The molecule has 0 spiro atoms. The summed E-state index contributed by atoms with van der Waals surface area (Å²) in [4.78, 5) is 17.3. The van der Waals surface area contributed by atoms with Gasteiger partial charge in [0, 0.05) is 17.0 Å². The number of aromatic nitrogens is 4. The van der Waals surface area contributed by atoms with Gasteiger partial charge < -0.3 is 5.32 Å². The number of thioether (sulfide) groups is 1.